The zero-order chi connectivity index (χ0) is 19.1. The highest BCUT2D eigenvalue weighted by atomic mass is 32.1. The van der Waals surface area contributed by atoms with Gasteiger partial charge in [0, 0.05) is 35.6 Å². The minimum Gasteiger partial charge on any atom is -0.453 e. The lowest BCUT2D eigenvalue weighted by Crippen LogP contribution is -2.24. The number of methoxy groups -OCH3 is 1. The number of thiazole rings is 1. The number of carbonyl (C=O) groups is 2. The molecule has 7 nitrogen and oxygen atoms in total. The third kappa shape index (κ3) is 5.35. The lowest BCUT2D eigenvalue weighted by molar-refractivity contribution is -0.120. The number of nitrogens with zero attached hydrogens (tertiary/aromatic N) is 2. The van der Waals surface area contributed by atoms with Crippen molar-refractivity contribution in [2.45, 2.75) is 13.0 Å². The van der Waals surface area contributed by atoms with Crippen LogP contribution in [0.5, 0.6) is 0 Å². The van der Waals surface area contributed by atoms with Crippen LogP contribution >= 0.6 is 11.3 Å². The number of pyridine rings is 1. The van der Waals surface area contributed by atoms with E-state index in [0.717, 1.165) is 21.8 Å². The van der Waals surface area contributed by atoms with E-state index >= 15 is 0 Å². The predicted octanol–water partition coefficient (Wildman–Crippen LogP) is 3.24. The molecule has 0 radical (unpaired) electrons. The van der Waals surface area contributed by atoms with E-state index in [1.807, 2.05) is 29.6 Å². The van der Waals surface area contributed by atoms with Gasteiger partial charge in [-0.25, -0.2) is 9.78 Å². The first kappa shape index (κ1) is 18.5. The highest BCUT2D eigenvalue weighted by molar-refractivity contribution is 7.13. The predicted molar refractivity (Wildman–Crippen MR) is 103 cm³/mol. The Labute approximate surface area is 160 Å². The Bertz CT molecular complexity index is 910. The Kier molecular flexibility index (Phi) is 6.11. The molecule has 2 amide bonds. The maximum absolute atomic E-state index is 12.2. The lowest BCUT2D eigenvalue weighted by atomic mass is 10.2. The van der Waals surface area contributed by atoms with Crippen LogP contribution in [0.2, 0.25) is 0 Å². The number of amides is 2. The molecule has 8 heteroatoms. The minimum atomic E-state index is -0.523. The molecule has 0 bridgehead atoms. The molecule has 0 spiro atoms. The Morgan fingerprint density at radius 2 is 2.00 bits per heavy atom. The SMILES string of the molecule is COC(=O)Nc1ccc(CNC(=O)Cc2csc(-c3cccnc3)n2)cc1. The van der Waals surface area contributed by atoms with E-state index in [0.29, 0.717) is 12.2 Å². The van der Waals surface area contributed by atoms with Crippen LogP contribution in [0.25, 0.3) is 10.6 Å². The van der Waals surface area contributed by atoms with Crippen molar-refractivity contribution < 1.29 is 14.3 Å². The zero-order valence-electron chi connectivity index (χ0n) is 14.6. The maximum atomic E-state index is 12.2. The molecule has 27 heavy (non-hydrogen) atoms. The fourth-order valence-corrected chi connectivity index (χ4v) is 3.12. The number of ether oxygens (including phenoxy) is 1. The first-order valence-electron chi connectivity index (χ1n) is 8.19. The topological polar surface area (TPSA) is 93.2 Å². The van der Waals surface area contributed by atoms with Crippen LogP contribution in [-0.4, -0.2) is 29.1 Å². The number of rotatable bonds is 6. The molecule has 0 atom stereocenters. The summed E-state index contributed by atoms with van der Waals surface area (Å²) in [7, 11) is 1.31. The molecule has 3 aromatic rings. The van der Waals surface area contributed by atoms with Gasteiger partial charge in [-0.1, -0.05) is 12.1 Å². The molecule has 3 rings (SSSR count). The summed E-state index contributed by atoms with van der Waals surface area (Å²) in [4.78, 5) is 31.9. The molecule has 2 heterocycles. The molecule has 1 aromatic carbocycles. The van der Waals surface area contributed by atoms with E-state index in [1.165, 1.54) is 18.4 Å². The summed E-state index contributed by atoms with van der Waals surface area (Å²) in [5, 5.41) is 8.17. The summed E-state index contributed by atoms with van der Waals surface area (Å²) in [5.74, 6) is -0.102. The molecule has 0 aliphatic carbocycles. The van der Waals surface area contributed by atoms with Crippen LogP contribution < -0.4 is 10.6 Å². The van der Waals surface area contributed by atoms with Crippen molar-refractivity contribution >= 4 is 29.0 Å². The second kappa shape index (κ2) is 8.91. The van der Waals surface area contributed by atoms with E-state index < -0.39 is 6.09 Å². The number of anilines is 1. The van der Waals surface area contributed by atoms with Gasteiger partial charge in [0.1, 0.15) is 5.01 Å². The van der Waals surface area contributed by atoms with Gasteiger partial charge >= 0.3 is 6.09 Å². The van der Waals surface area contributed by atoms with Gasteiger partial charge in [-0.15, -0.1) is 11.3 Å². The van der Waals surface area contributed by atoms with E-state index in [9.17, 15) is 9.59 Å². The van der Waals surface area contributed by atoms with E-state index in [-0.39, 0.29) is 12.3 Å². The second-order valence-electron chi connectivity index (χ2n) is 5.65. The van der Waals surface area contributed by atoms with Gasteiger partial charge in [0.05, 0.1) is 19.2 Å². The van der Waals surface area contributed by atoms with E-state index in [1.54, 1.807) is 24.5 Å². The Hall–Kier alpha value is -3.26. The Balaban J connectivity index is 1.50. The highest BCUT2D eigenvalue weighted by Gasteiger charge is 2.09. The third-order valence-electron chi connectivity index (χ3n) is 3.68. The van der Waals surface area contributed by atoms with Crippen molar-refractivity contribution in [3.8, 4) is 10.6 Å². The normalized spacial score (nSPS) is 10.3. The smallest absolute Gasteiger partial charge is 0.411 e. The molecule has 0 unspecified atom stereocenters. The quantitative estimate of drug-likeness (QED) is 0.683. The fraction of sp³-hybridized carbons (Fsp3) is 0.158. The number of nitrogens with one attached hydrogen (secondary N) is 2. The van der Waals surface area contributed by atoms with Crippen LogP contribution in [0.3, 0.4) is 0 Å². The third-order valence-corrected chi connectivity index (χ3v) is 4.62. The molecule has 0 fully saturated rings. The van der Waals surface area contributed by atoms with Gasteiger partial charge in [-0.05, 0) is 29.8 Å². The summed E-state index contributed by atoms with van der Waals surface area (Å²) < 4.78 is 4.53. The number of carbonyl (C=O) groups excluding carboxylic acids is 2. The molecular formula is C19H18N4O3S. The van der Waals surface area contributed by atoms with Crippen LogP contribution in [0.4, 0.5) is 10.5 Å². The Morgan fingerprint density at radius 3 is 2.70 bits per heavy atom. The molecule has 0 aliphatic rings. The largest absolute Gasteiger partial charge is 0.453 e. The zero-order valence-corrected chi connectivity index (χ0v) is 15.5. The first-order valence-corrected chi connectivity index (χ1v) is 9.07. The Morgan fingerprint density at radius 1 is 1.19 bits per heavy atom. The molecule has 2 aromatic heterocycles. The molecule has 2 N–H and O–H groups in total. The van der Waals surface area contributed by atoms with E-state index in [2.05, 4.69) is 25.3 Å². The van der Waals surface area contributed by atoms with Crippen molar-refractivity contribution in [3.63, 3.8) is 0 Å². The van der Waals surface area contributed by atoms with Gasteiger partial charge in [0.15, 0.2) is 0 Å². The fourth-order valence-electron chi connectivity index (χ4n) is 2.31. The van der Waals surface area contributed by atoms with Gasteiger partial charge in [0.2, 0.25) is 5.91 Å². The molecule has 0 saturated heterocycles. The summed E-state index contributed by atoms with van der Waals surface area (Å²) in [5.41, 5.74) is 3.22. The minimum absolute atomic E-state index is 0.102. The monoisotopic (exact) mass is 382 g/mol. The summed E-state index contributed by atoms with van der Waals surface area (Å²) in [6, 6.07) is 10.9. The van der Waals surface area contributed by atoms with E-state index in [4.69, 9.17) is 0 Å². The van der Waals surface area contributed by atoms with Crippen LogP contribution in [0.1, 0.15) is 11.3 Å². The standard InChI is InChI=1S/C19H18N4O3S/c1-26-19(25)23-15-6-4-13(5-7-15)10-21-17(24)9-16-12-27-18(22-16)14-3-2-8-20-11-14/h2-8,11-12H,9-10H2,1H3,(H,21,24)(H,23,25). The number of aromatic nitrogens is 2. The van der Waals surface area contributed by atoms with Crippen molar-refractivity contribution in [3.05, 3.63) is 65.4 Å². The van der Waals surface area contributed by atoms with Crippen molar-refractivity contribution in [1.29, 1.82) is 0 Å². The number of benzene rings is 1. The van der Waals surface area contributed by atoms with Crippen LogP contribution in [0, 0.1) is 0 Å². The molecule has 0 aliphatic heterocycles. The molecule has 0 saturated carbocycles. The van der Waals surface area contributed by atoms with Gasteiger partial charge < -0.3 is 10.1 Å². The average molecular weight is 382 g/mol. The summed E-state index contributed by atoms with van der Waals surface area (Å²) in [6.45, 7) is 0.400. The maximum Gasteiger partial charge on any atom is 0.411 e. The lowest BCUT2D eigenvalue weighted by Gasteiger charge is -2.07. The highest BCUT2D eigenvalue weighted by Crippen LogP contribution is 2.22. The van der Waals surface area contributed by atoms with Crippen LogP contribution in [-0.2, 0) is 22.5 Å². The van der Waals surface area contributed by atoms with Gasteiger partial charge in [-0.2, -0.15) is 0 Å². The summed E-state index contributed by atoms with van der Waals surface area (Å²) >= 11 is 1.49. The van der Waals surface area contributed by atoms with Crippen molar-refractivity contribution in [1.82, 2.24) is 15.3 Å². The first-order chi connectivity index (χ1) is 13.1. The van der Waals surface area contributed by atoms with Gasteiger partial charge in [0.25, 0.3) is 0 Å². The van der Waals surface area contributed by atoms with Crippen molar-refractivity contribution in [2.75, 3.05) is 12.4 Å². The number of hydrogen-bond acceptors (Lipinski definition) is 6. The second-order valence-corrected chi connectivity index (χ2v) is 6.51. The van der Waals surface area contributed by atoms with Crippen LogP contribution in [0.15, 0.2) is 54.2 Å². The van der Waals surface area contributed by atoms with Crippen molar-refractivity contribution in [2.24, 2.45) is 0 Å². The summed E-state index contributed by atoms with van der Waals surface area (Å²) in [6.07, 6.45) is 3.16. The molecular weight excluding hydrogens is 364 g/mol. The van der Waals surface area contributed by atoms with Gasteiger partial charge in [-0.3, -0.25) is 15.1 Å². The number of hydrogen-bond donors (Lipinski definition) is 2. The average Bonchev–Trinajstić information content (AvgIpc) is 3.16. The molecule has 138 valence electrons.